The number of aliphatic hydroxyl groups excluding tert-OH is 1. The minimum absolute atomic E-state index is 0.0366. The van der Waals surface area contributed by atoms with Crippen LogP contribution in [0.15, 0.2) is 29.2 Å². The van der Waals surface area contributed by atoms with Crippen LogP contribution in [0.3, 0.4) is 0 Å². The molecule has 3 N–H and O–H groups in total. The highest BCUT2D eigenvalue weighted by Gasteiger charge is 2.19. The van der Waals surface area contributed by atoms with E-state index in [0.29, 0.717) is 5.92 Å². The van der Waals surface area contributed by atoms with E-state index in [4.69, 9.17) is 10.2 Å². The quantitative estimate of drug-likeness (QED) is 0.708. The Kier molecular flexibility index (Phi) is 5.04. The number of rotatable bonds is 6. The summed E-state index contributed by atoms with van der Waals surface area (Å²) in [6.45, 7) is 3.42. The number of aliphatic hydroxyl groups is 1. The highest BCUT2D eigenvalue weighted by molar-refractivity contribution is 7.89. The number of carboxylic acids is 1. The Morgan fingerprint density at radius 1 is 1.26 bits per heavy atom. The molecule has 7 heteroatoms. The molecule has 106 valence electrons. The predicted octanol–water partition coefficient (Wildman–Crippen LogP) is 0.534. The van der Waals surface area contributed by atoms with Crippen molar-refractivity contribution >= 4 is 16.0 Å². The average molecular weight is 287 g/mol. The summed E-state index contributed by atoms with van der Waals surface area (Å²) in [5.41, 5.74) is 1.00. The minimum Gasteiger partial charge on any atom is -0.479 e. The molecule has 0 aromatic heterocycles. The Balaban J connectivity index is 2.80. The lowest BCUT2D eigenvalue weighted by Gasteiger charge is -2.10. The molecular weight excluding hydrogens is 270 g/mol. The van der Waals surface area contributed by atoms with Gasteiger partial charge in [0, 0.05) is 6.54 Å². The topological polar surface area (TPSA) is 104 Å². The third kappa shape index (κ3) is 4.30. The summed E-state index contributed by atoms with van der Waals surface area (Å²) in [6, 6.07) is 6.30. The summed E-state index contributed by atoms with van der Waals surface area (Å²) in [6.07, 6.45) is -1.76. The summed E-state index contributed by atoms with van der Waals surface area (Å²) in [7, 11) is -3.80. The van der Waals surface area contributed by atoms with E-state index >= 15 is 0 Å². The van der Waals surface area contributed by atoms with Gasteiger partial charge in [0.25, 0.3) is 0 Å². The van der Waals surface area contributed by atoms with Gasteiger partial charge in [-0.25, -0.2) is 17.9 Å². The summed E-state index contributed by atoms with van der Waals surface area (Å²) >= 11 is 0. The number of sulfonamides is 1. The molecule has 0 fully saturated rings. The monoisotopic (exact) mass is 287 g/mol. The van der Waals surface area contributed by atoms with Crippen LogP contribution in [0.2, 0.25) is 0 Å². The molecule has 1 atom stereocenters. The van der Waals surface area contributed by atoms with Crippen LogP contribution in [-0.4, -0.2) is 37.2 Å². The summed E-state index contributed by atoms with van der Waals surface area (Å²) in [4.78, 5) is 10.4. The summed E-state index contributed by atoms with van der Waals surface area (Å²) < 4.78 is 25.7. The zero-order valence-corrected chi connectivity index (χ0v) is 11.5. The van der Waals surface area contributed by atoms with Gasteiger partial charge in [-0.3, -0.25) is 0 Å². The van der Waals surface area contributed by atoms with Crippen molar-refractivity contribution in [3.8, 4) is 0 Å². The highest BCUT2D eigenvalue weighted by atomic mass is 32.2. The van der Waals surface area contributed by atoms with E-state index in [0.717, 1.165) is 5.56 Å². The second-order valence-corrected chi connectivity index (χ2v) is 6.20. The Labute approximate surface area is 112 Å². The standard InChI is InChI=1S/C12H17NO5S/c1-8(2)9-3-5-10(6-4-9)19(17,18)13-7-11(14)12(15)16/h3-6,8,11,13-14H,7H2,1-2H3,(H,15,16). The SMILES string of the molecule is CC(C)c1ccc(S(=O)(=O)NCC(O)C(=O)O)cc1. The van der Waals surface area contributed by atoms with Crippen LogP contribution in [0, 0.1) is 0 Å². The molecule has 0 amide bonds. The smallest absolute Gasteiger partial charge is 0.333 e. The summed E-state index contributed by atoms with van der Waals surface area (Å²) in [5.74, 6) is -1.18. The molecule has 1 aromatic rings. The molecule has 19 heavy (non-hydrogen) atoms. The molecule has 0 heterocycles. The number of hydrogen-bond acceptors (Lipinski definition) is 4. The van der Waals surface area contributed by atoms with Gasteiger partial charge in [0.15, 0.2) is 6.10 Å². The fourth-order valence-electron chi connectivity index (χ4n) is 1.39. The molecule has 1 aromatic carbocycles. The molecule has 0 saturated heterocycles. The van der Waals surface area contributed by atoms with Gasteiger partial charge >= 0.3 is 5.97 Å². The molecular formula is C12H17NO5S. The van der Waals surface area contributed by atoms with Crippen molar-refractivity contribution in [2.24, 2.45) is 0 Å². The largest absolute Gasteiger partial charge is 0.479 e. The predicted molar refractivity (Wildman–Crippen MR) is 69.4 cm³/mol. The van der Waals surface area contributed by atoms with Crippen molar-refractivity contribution in [1.29, 1.82) is 0 Å². The molecule has 0 bridgehead atoms. The molecule has 1 unspecified atom stereocenters. The van der Waals surface area contributed by atoms with Crippen LogP contribution in [0.5, 0.6) is 0 Å². The number of nitrogens with one attached hydrogen (secondary N) is 1. The molecule has 0 aliphatic rings. The molecule has 0 aliphatic carbocycles. The van der Waals surface area contributed by atoms with E-state index in [2.05, 4.69) is 0 Å². The van der Waals surface area contributed by atoms with E-state index in [-0.39, 0.29) is 4.90 Å². The van der Waals surface area contributed by atoms with Crippen molar-refractivity contribution in [3.05, 3.63) is 29.8 Å². The fraction of sp³-hybridized carbons (Fsp3) is 0.417. The van der Waals surface area contributed by atoms with Crippen LogP contribution >= 0.6 is 0 Å². The number of carboxylic acid groups (broad SMARTS) is 1. The van der Waals surface area contributed by atoms with Gasteiger partial charge in [-0.1, -0.05) is 26.0 Å². The Hall–Kier alpha value is -1.44. The van der Waals surface area contributed by atoms with Crippen molar-refractivity contribution in [3.63, 3.8) is 0 Å². The maximum absolute atomic E-state index is 11.8. The molecule has 1 rings (SSSR count). The maximum Gasteiger partial charge on any atom is 0.333 e. The lowest BCUT2D eigenvalue weighted by atomic mass is 10.0. The highest BCUT2D eigenvalue weighted by Crippen LogP contribution is 2.17. The molecule has 0 radical (unpaired) electrons. The fourth-order valence-corrected chi connectivity index (χ4v) is 2.43. The van der Waals surface area contributed by atoms with Crippen molar-refractivity contribution in [1.82, 2.24) is 4.72 Å². The van der Waals surface area contributed by atoms with Crippen molar-refractivity contribution in [2.45, 2.75) is 30.8 Å². The van der Waals surface area contributed by atoms with Crippen molar-refractivity contribution in [2.75, 3.05) is 6.54 Å². The first-order valence-corrected chi connectivity index (χ1v) is 7.23. The van der Waals surface area contributed by atoms with Crippen LogP contribution in [0.1, 0.15) is 25.3 Å². The first-order chi connectivity index (χ1) is 8.74. The van der Waals surface area contributed by atoms with E-state index < -0.39 is 28.6 Å². The van der Waals surface area contributed by atoms with Crippen LogP contribution in [0.4, 0.5) is 0 Å². The zero-order valence-electron chi connectivity index (χ0n) is 10.7. The second kappa shape index (κ2) is 6.14. The van der Waals surface area contributed by atoms with Gasteiger partial charge in [-0.2, -0.15) is 0 Å². The van der Waals surface area contributed by atoms with Crippen LogP contribution in [-0.2, 0) is 14.8 Å². The molecule has 6 nitrogen and oxygen atoms in total. The molecule has 0 saturated carbocycles. The van der Waals surface area contributed by atoms with E-state index in [9.17, 15) is 13.2 Å². The number of carbonyl (C=O) groups is 1. The Morgan fingerprint density at radius 2 is 1.79 bits per heavy atom. The van der Waals surface area contributed by atoms with Crippen LogP contribution < -0.4 is 4.72 Å². The number of aliphatic carboxylic acids is 1. The Morgan fingerprint density at radius 3 is 2.21 bits per heavy atom. The molecule has 0 spiro atoms. The van der Waals surface area contributed by atoms with E-state index in [1.54, 1.807) is 12.1 Å². The van der Waals surface area contributed by atoms with Crippen molar-refractivity contribution < 1.29 is 23.4 Å². The van der Waals surface area contributed by atoms with Gasteiger partial charge in [0.2, 0.25) is 10.0 Å². The molecule has 0 aliphatic heterocycles. The van der Waals surface area contributed by atoms with Gasteiger partial charge in [0.05, 0.1) is 4.90 Å². The first kappa shape index (κ1) is 15.6. The van der Waals surface area contributed by atoms with Gasteiger partial charge in [-0.05, 0) is 23.6 Å². The van der Waals surface area contributed by atoms with E-state index in [1.165, 1.54) is 12.1 Å². The minimum atomic E-state index is -3.80. The summed E-state index contributed by atoms with van der Waals surface area (Å²) in [5, 5.41) is 17.5. The van der Waals surface area contributed by atoms with Gasteiger partial charge < -0.3 is 10.2 Å². The lowest BCUT2D eigenvalue weighted by Crippen LogP contribution is -2.36. The average Bonchev–Trinajstić information content (AvgIpc) is 2.36. The third-order valence-corrected chi connectivity index (χ3v) is 4.05. The number of benzene rings is 1. The van der Waals surface area contributed by atoms with Crippen LogP contribution in [0.25, 0.3) is 0 Å². The Bertz CT molecular complexity index is 536. The first-order valence-electron chi connectivity index (χ1n) is 5.74. The normalized spacial score (nSPS) is 13.5. The zero-order chi connectivity index (χ0) is 14.6. The third-order valence-electron chi connectivity index (χ3n) is 2.61. The maximum atomic E-state index is 11.8. The van der Waals surface area contributed by atoms with E-state index in [1.807, 2.05) is 18.6 Å². The number of hydrogen-bond donors (Lipinski definition) is 3. The van der Waals surface area contributed by atoms with Gasteiger partial charge in [-0.15, -0.1) is 0 Å². The van der Waals surface area contributed by atoms with Gasteiger partial charge in [0.1, 0.15) is 0 Å². The second-order valence-electron chi connectivity index (χ2n) is 4.43. The lowest BCUT2D eigenvalue weighted by molar-refractivity contribution is -0.146.